The van der Waals surface area contributed by atoms with Crippen molar-refractivity contribution in [2.24, 2.45) is 63.6 Å². The number of hydrogen-bond donors (Lipinski definition) is 2. The first-order valence-electron chi connectivity index (χ1n) is 18.0. The summed E-state index contributed by atoms with van der Waals surface area (Å²) < 4.78 is 17.3. The van der Waals surface area contributed by atoms with Crippen LogP contribution in [-0.2, 0) is 33.4 Å². The van der Waals surface area contributed by atoms with E-state index < -0.39 is 48.3 Å². The summed E-state index contributed by atoms with van der Waals surface area (Å²) in [6, 6.07) is 0. The highest BCUT2D eigenvalue weighted by Gasteiger charge is 2.79. The number of amides is 1. The second-order valence-electron chi connectivity index (χ2n) is 17.2. The molecule has 5 aliphatic carbocycles. The number of esters is 2. The molecule has 5 rings (SSSR count). The number of carbonyl (C=O) groups excluding carboxylic acids is 5. The van der Waals surface area contributed by atoms with E-state index in [2.05, 4.69) is 25.2 Å². The number of rotatable bonds is 10. The number of ether oxygens (including phenoxy) is 3. The molecule has 0 aromatic carbocycles. The predicted molar refractivity (Wildman–Crippen MR) is 177 cm³/mol. The zero-order valence-corrected chi connectivity index (χ0v) is 30.3. The Morgan fingerprint density at radius 2 is 1.73 bits per heavy atom. The first-order chi connectivity index (χ1) is 22.3. The minimum atomic E-state index is -1.17. The van der Waals surface area contributed by atoms with Crippen LogP contribution in [0.25, 0.3) is 0 Å². The van der Waals surface area contributed by atoms with Crippen molar-refractivity contribution in [3.05, 3.63) is 12.2 Å². The van der Waals surface area contributed by atoms with Gasteiger partial charge in [0.1, 0.15) is 18.2 Å². The van der Waals surface area contributed by atoms with Crippen LogP contribution in [-0.4, -0.2) is 65.7 Å². The molecule has 1 amide bonds. The smallest absolute Gasteiger partial charge is 0.408 e. The van der Waals surface area contributed by atoms with Crippen molar-refractivity contribution in [1.82, 2.24) is 5.32 Å². The number of aliphatic hydroxyl groups is 1. The Labute approximate surface area is 285 Å². The Morgan fingerprint density at radius 3 is 2.35 bits per heavy atom. The molecule has 2 N–H and O–H groups in total. The standard InChI is InChI=1S/C38H57NO9/c1-20(18-40)21(2)32(44)33(47-30(43)17-39-34(45)48-35(6,7)8)23(4)31-29(46-24(5)41)16-27-26-11-10-25-22(3)28(42)12-13-37(25)19-38(26,37)15-14-36(27,31)9/h12-13,20-23,25-27,29,31,33,40H,10-11,14-19H2,1-9H3,(H,39,45). The highest BCUT2D eigenvalue weighted by atomic mass is 16.6. The monoisotopic (exact) mass is 671 g/mol. The fourth-order valence-corrected chi connectivity index (χ4v) is 11.1. The minimum Gasteiger partial charge on any atom is -0.462 e. The topological polar surface area (TPSA) is 145 Å². The Balaban J connectivity index is 1.44. The number of Topliss-reactive ketones (excluding diaryl/α,β-unsaturated/α-hetero) is 1. The molecule has 4 saturated carbocycles. The number of hydrogen-bond acceptors (Lipinski definition) is 9. The van der Waals surface area contributed by atoms with Crippen LogP contribution in [0.3, 0.4) is 0 Å². The van der Waals surface area contributed by atoms with Crippen molar-refractivity contribution in [1.29, 1.82) is 0 Å². The summed E-state index contributed by atoms with van der Waals surface area (Å²) in [7, 11) is 0. The summed E-state index contributed by atoms with van der Waals surface area (Å²) in [5.41, 5.74) is -0.865. The quantitative estimate of drug-likeness (QED) is 0.229. The van der Waals surface area contributed by atoms with Crippen LogP contribution in [0.15, 0.2) is 12.2 Å². The van der Waals surface area contributed by atoms with E-state index in [-0.39, 0.29) is 64.1 Å². The number of carbonyl (C=O) groups is 5. The number of ketones is 2. The highest BCUT2D eigenvalue weighted by molar-refractivity contribution is 5.93. The van der Waals surface area contributed by atoms with E-state index in [1.807, 2.05) is 13.0 Å². The van der Waals surface area contributed by atoms with Crippen molar-refractivity contribution >= 4 is 29.6 Å². The van der Waals surface area contributed by atoms with Crippen LogP contribution in [0.1, 0.15) is 101 Å². The molecule has 0 aromatic rings. The lowest BCUT2D eigenvalue weighted by molar-refractivity contribution is -0.167. The van der Waals surface area contributed by atoms with Crippen LogP contribution in [0, 0.1) is 63.6 Å². The summed E-state index contributed by atoms with van der Waals surface area (Å²) in [4.78, 5) is 64.9. The van der Waals surface area contributed by atoms with E-state index in [4.69, 9.17) is 14.2 Å². The van der Waals surface area contributed by atoms with Gasteiger partial charge in [0, 0.05) is 37.2 Å². The van der Waals surface area contributed by atoms with Crippen LogP contribution < -0.4 is 5.32 Å². The van der Waals surface area contributed by atoms with E-state index in [0.717, 1.165) is 32.1 Å². The van der Waals surface area contributed by atoms with Gasteiger partial charge in [-0.3, -0.25) is 19.2 Å². The van der Waals surface area contributed by atoms with Gasteiger partial charge in [0.05, 0.1) is 0 Å². The average molecular weight is 672 g/mol. The molecule has 0 heterocycles. The van der Waals surface area contributed by atoms with Crippen molar-refractivity contribution in [2.75, 3.05) is 13.2 Å². The SMILES string of the molecule is CC(=O)OC1CC2C3CCC4C(C)C(=O)C=CC45CC35CCC2(C)C1C(C)C(OC(=O)CNC(=O)OC(C)(C)C)C(=O)C(C)C(C)CO. The molecule has 48 heavy (non-hydrogen) atoms. The normalized spacial score (nSPS) is 38.9. The van der Waals surface area contributed by atoms with Crippen LogP contribution >= 0.6 is 0 Å². The summed E-state index contributed by atoms with van der Waals surface area (Å²) in [5.74, 6) is -1.95. The van der Waals surface area contributed by atoms with Gasteiger partial charge in [0.15, 0.2) is 17.7 Å². The third kappa shape index (κ3) is 6.13. The zero-order chi connectivity index (χ0) is 35.6. The van der Waals surface area contributed by atoms with Gasteiger partial charge in [0.2, 0.25) is 0 Å². The van der Waals surface area contributed by atoms with E-state index in [1.165, 1.54) is 6.92 Å². The summed E-state index contributed by atoms with van der Waals surface area (Å²) in [6.45, 7) is 15.7. The molecule has 0 radical (unpaired) electrons. The molecular weight excluding hydrogens is 614 g/mol. The second kappa shape index (κ2) is 12.9. The second-order valence-corrected chi connectivity index (χ2v) is 17.2. The first-order valence-corrected chi connectivity index (χ1v) is 18.0. The van der Waals surface area contributed by atoms with Gasteiger partial charge < -0.3 is 24.6 Å². The lowest BCUT2D eigenvalue weighted by Gasteiger charge is -2.55. The molecule has 5 aliphatic rings. The van der Waals surface area contributed by atoms with Gasteiger partial charge in [-0.25, -0.2) is 4.79 Å². The average Bonchev–Trinajstić information content (AvgIpc) is 3.59. The third-order valence-corrected chi connectivity index (χ3v) is 13.5. The predicted octanol–water partition coefficient (Wildman–Crippen LogP) is 5.44. The number of nitrogens with one attached hydrogen (secondary N) is 1. The van der Waals surface area contributed by atoms with Crippen LogP contribution in [0.2, 0.25) is 0 Å². The molecule has 13 atom stereocenters. The third-order valence-electron chi connectivity index (χ3n) is 13.5. The largest absolute Gasteiger partial charge is 0.462 e. The summed E-state index contributed by atoms with van der Waals surface area (Å²) in [6.07, 6.45) is 7.31. The summed E-state index contributed by atoms with van der Waals surface area (Å²) >= 11 is 0. The van der Waals surface area contributed by atoms with Gasteiger partial charge >= 0.3 is 18.0 Å². The molecule has 0 saturated heterocycles. The van der Waals surface area contributed by atoms with Gasteiger partial charge in [-0.15, -0.1) is 0 Å². The van der Waals surface area contributed by atoms with Gasteiger partial charge in [0.25, 0.3) is 0 Å². The fraction of sp³-hybridized carbons (Fsp3) is 0.816. The maximum absolute atomic E-state index is 14.2. The molecular formula is C38H57NO9. The van der Waals surface area contributed by atoms with E-state index in [0.29, 0.717) is 18.3 Å². The molecule has 10 nitrogen and oxygen atoms in total. The molecule has 10 heteroatoms. The molecule has 4 fully saturated rings. The van der Waals surface area contributed by atoms with Crippen LogP contribution in [0.4, 0.5) is 4.79 Å². The van der Waals surface area contributed by atoms with Gasteiger partial charge in [-0.05, 0) is 105 Å². The maximum Gasteiger partial charge on any atom is 0.408 e. The lowest BCUT2D eigenvalue weighted by Crippen LogP contribution is -2.52. The zero-order valence-electron chi connectivity index (χ0n) is 30.3. The van der Waals surface area contributed by atoms with Gasteiger partial charge in [-0.2, -0.15) is 0 Å². The maximum atomic E-state index is 14.2. The number of alkyl carbamates (subject to hydrolysis) is 1. The molecule has 268 valence electrons. The van der Waals surface area contributed by atoms with Crippen molar-refractivity contribution < 1.29 is 43.3 Å². The van der Waals surface area contributed by atoms with Crippen LogP contribution in [0.5, 0.6) is 0 Å². The highest BCUT2D eigenvalue weighted by Crippen LogP contribution is 2.85. The molecule has 0 bridgehead atoms. The van der Waals surface area contributed by atoms with E-state index >= 15 is 0 Å². The van der Waals surface area contributed by atoms with Gasteiger partial charge in [-0.1, -0.05) is 40.7 Å². The Hall–Kier alpha value is -2.75. The molecule has 13 unspecified atom stereocenters. The Kier molecular flexibility index (Phi) is 9.78. The van der Waals surface area contributed by atoms with Crippen molar-refractivity contribution in [3.63, 3.8) is 0 Å². The number of aliphatic hydroxyl groups excluding tert-OH is 1. The lowest BCUT2D eigenvalue weighted by atomic mass is 9.48. The van der Waals surface area contributed by atoms with Crippen molar-refractivity contribution in [2.45, 2.75) is 119 Å². The molecule has 0 aliphatic heterocycles. The summed E-state index contributed by atoms with van der Waals surface area (Å²) in [5, 5.41) is 12.3. The first kappa shape index (κ1) is 36.5. The Bertz CT molecular complexity index is 1350. The number of fused-ring (bicyclic) bond motifs is 2. The van der Waals surface area contributed by atoms with Crippen molar-refractivity contribution in [3.8, 4) is 0 Å². The van der Waals surface area contributed by atoms with E-state index in [1.54, 1.807) is 34.6 Å². The number of allylic oxidation sites excluding steroid dienone is 2. The fourth-order valence-electron chi connectivity index (χ4n) is 11.1. The molecule has 0 aromatic heterocycles. The minimum absolute atomic E-state index is 0.0309. The Morgan fingerprint density at radius 1 is 1.06 bits per heavy atom. The van der Waals surface area contributed by atoms with E-state index in [9.17, 15) is 29.1 Å². The molecule has 2 spiro atoms.